The summed E-state index contributed by atoms with van der Waals surface area (Å²) in [7, 11) is 0. The summed E-state index contributed by atoms with van der Waals surface area (Å²) in [5.41, 5.74) is 5.93. The van der Waals surface area contributed by atoms with Gasteiger partial charge in [0.2, 0.25) is 0 Å². The zero-order valence-electron chi connectivity index (χ0n) is 9.51. The second-order valence-electron chi connectivity index (χ2n) is 3.67. The van der Waals surface area contributed by atoms with E-state index in [-0.39, 0.29) is 0 Å². The van der Waals surface area contributed by atoms with Gasteiger partial charge in [-0.1, -0.05) is 19.1 Å². The van der Waals surface area contributed by atoms with Crippen LogP contribution in [0.4, 0.5) is 0 Å². The van der Waals surface area contributed by atoms with Crippen LogP contribution in [-0.4, -0.2) is 17.1 Å². The van der Waals surface area contributed by atoms with Gasteiger partial charge in [0.25, 0.3) is 5.91 Å². The zero-order valence-corrected chi connectivity index (χ0v) is 9.51. The smallest absolute Gasteiger partial charge is 0.258 e. The Morgan fingerprint density at radius 3 is 2.75 bits per heavy atom. The first kappa shape index (κ1) is 12.5. The van der Waals surface area contributed by atoms with E-state index in [1.807, 2.05) is 6.92 Å². The van der Waals surface area contributed by atoms with Crippen molar-refractivity contribution in [3.63, 3.8) is 0 Å². The van der Waals surface area contributed by atoms with Gasteiger partial charge in [-0.3, -0.25) is 4.79 Å². The van der Waals surface area contributed by atoms with E-state index in [1.54, 1.807) is 31.2 Å². The maximum atomic E-state index is 11.0. The molecule has 0 aliphatic carbocycles. The number of carbonyl (C=O) groups is 1. The summed E-state index contributed by atoms with van der Waals surface area (Å²) >= 11 is 0. The molecule has 1 aromatic rings. The number of aliphatic hydroxyl groups is 1. The minimum absolute atomic E-state index is 0.482. The number of amides is 1. The molecule has 3 N–H and O–H groups in total. The number of nitrogens with two attached hydrogens (primary N) is 1. The fourth-order valence-electron chi connectivity index (χ4n) is 1.35. The number of hydrogen-bond acceptors (Lipinski definition) is 3. The number of hydrogen-bond donors (Lipinski definition) is 2. The van der Waals surface area contributed by atoms with Crippen molar-refractivity contribution >= 4 is 5.91 Å². The highest BCUT2D eigenvalue weighted by atomic mass is 16.5. The second kappa shape index (κ2) is 5.51. The number of aliphatic hydroxyl groups excluding tert-OH is 1. The summed E-state index contributed by atoms with van der Waals surface area (Å²) < 4.78 is 5.43. The third kappa shape index (κ3) is 3.24. The lowest BCUT2D eigenvalue weighted by Gasteiger charge is -2.15. The van der Waals surface area contributed by atoms with Gasteiger partial charge in [-0.15, -0.1) is 0 Å². The molecular weight excluding hydrogens is 206 g/mol. The number of carbonyl (C=O) groups excluding carboxylic acids is 1. The van der Waals surface area contributed by atoms with Crippen molar-refractivity contribution in [2.45, 2.75) is 32.5 Å². The Labute approximate surface area is 95.0 Å². The van der Waals surface area contributed by atoms with Gasteiger partial charge in [0, 0.05) is 0 Å². The van der Waals surface area contributed by atoms with Crippen molar-refractivity contribution in [3.8, 4) is 5.75 Å². The van der Waals surface area contributed by atoms with E-state index >= 15 is 0 Å². The van der Waals surface area contributed by atoms with Crippen LogP contribution in [-0.2, 0) is 4.79 Å². The van der Waals surface area contributed by atoms with Crippen LogP contribution in [0.25, 0.3) is 0 Å². The van der Waals surface area contributed by atoms with Crippen molar-refractivity contribution in [1.29, 1.82) is 0 Å². The number of rotatable bonds is 5. The molecule has 4 heteroatoms. The number of ether oxygens (including phenoxy) is 1. The van der Waals surface area contributed by atoms with Crippen LogP contribution in [0.3, 0.4) is 0 Å². The molecule has 0 aromatic heterocycles. The predicted octanol–water partition coefficient (Wildman–Crippen LogP) is 1.38. The van der Waals surface area contributed by atoms with Crippen molar-refractivity contribution in [2.75, 3.05) is 0 Å². The largest absolute Gasteiger partial charge is 0.481 e. The Bertz CT molecular complexity index is 363. The van der Waals surface area contributed by atoms with Crippen molar-refractivity contribution in [1.82, 2.24) is 0 Å². The predicted molar refractivity (Wildman–Crippen MR) is 61.0 cm³/mol. The lowest BCUT2D eigenvalue weighted by Crippen LogP contribution is -2.32. The minimum atomic E-state index is -0.621. The van der Waals surface area contributed by atoms with Crippen LogP contribution in [0, 0.1) is 0 Å². The van der Waals surface area contributed by atoms with Crippen molar-refractivity contribution < 1.29 is 14.6 Å². The molecule has 0 saturated carbocycles. The van der Waals surface area contributed by atoms with Gasteiger partial charge in [-0.05, 0) is 31.0 Å². The molecule has 0 heterocycles. The topological polar surface area (TPSA) is 72.6 Å². The van der Waals surface area contributed by atoms with Gasteiger partial charge in [0.05, 0.1) is 6.10 Å². The quantitative estimate of drug-likeness (QED) is 0.792. The number of benzene rings is 1. The molecule has 1 unspecified atom stereocenters. The molecule has 0 radical (unpaired) electrons. The van der Waals surface area contributed by atoms with Gasteiger partial charge in [-0.2, -0.15) is 0 Å². The summed E-state index contributed by atoms with van der Waals surface area (Å²) in [6, 6.07) is 7.00. The maximum Gasteiger partial charge on any atom is 0.258 e. The lowest BCUT2D eigenvalue weighted by molar-refractivity contribution is -0.124. The van der Waals surface area contributed by atoms with Gasteiger partial charge in [0.1, 0.15) is 5.75 Å². The van der Waals surface area contributed by atoms with Crippen molar-refractivity contribution in [2.24, 2.45) is 5.73 Å². The molecular formula is C12H17NO3. The Hall–Kier alpha value is -1.55. The van der Waals surface area contributed by atoms with Crippen LogP contribution in [0.2, 0.25) is 0 Å². The molecule has 0 spiro atoms. The third-order valence-corrected chi connectivity index (χ3v) is 2.31. The molecule has 1 rings (SSSR count). The molecule has 0 aliphatic rings. The summed E-state index contributed by atoms with van der Waals surface area (Å²) in [5.74, 6) is 0.0639. The van der Waals surface area contributed by atoms with Crippen LogP contribution in [0.5, 0.6) is 5.75 Å². The van der Waals surface area contributed by atoms with Gasteiger partial charge in [-0.25, -0.2) is 0 Å². The molecule has 1 amide bonds. The Balaban J connectivity index is 2.80. The molecule has 0 saturated heterocycles. The summed E-state index contributed by atoms with van der Waals surface area (Å²) in [5, 5.41) is 9.40. The molecule has 88 valence electrons. The van der Waals surface area contributed by atoms with Crippen molar-refractivity contribution in [3.05, 3.63) is 29.8 Å². The highest BCUT2D eigenvalue weighted by Crippen LogP contribution is 2.20. The Kier molecular flexibility index (Phi) is 4.31. The van der Waals surface area contributed by atoms with E-state index in [4.69, 9.17) is 10.5 Å². The fourth-order valence-corrected chi connectivity index (χ4v) is 1.35. The zero-order chi connectivity index (χ0) is 12.1. The third-order valence-electron chi connectivity index (χ3n) is 2.31. The summed E-state index contributed by atoms with van der Waals surface area (Å²) in [4.78, 5) is 11.0. The first-order valence-electron chi connectivity index (χ1n) is 5.28. The minimum Gasteiger partial charge on any atom is -0.481 e. The van der Waals surface area contributed by atoms with E-state index in [0.717, 1.165) is 5.56 Å². The van der Waals surface area contributed by atoms with E-state index in [9.17, 15) is 9.90 Å². The van der Waals surface area contributed by atoms with Gasteiger partial charge < -0.3 is 15.6 Å². The standard InChI is InChI=1S/C12H17NO3/c1-3-11(12(13)15)16-10-6-4-5-9(7-10)8(2)14/h4-8,11,14H,3H2,1-2H3,(H2,13,15)/t8-,11?/m1/s1. The van der Waals surface area contributed by atoms with Crippen LogP contribution >= 0.6 is 0 Å². The van der Waals surface area contributed by atoms with Crippen LogP contribution in [0.15, 0.2) is 24.3 Å². The van der Waals surface area contributed by atoms with E-state index in [1.165, 1.54) is 0 Å². The molecule has 4 nitrogen and oxygen atoms in total. The molecule has 0 aliphatic heterocycles. The highest BCUT2D eigenvalue weighted by Gasteiger charge is 2.14. The average Bonchev–Trinajstić information content (AvgIpc) is 2.25. The molecule has 0 fully saturated rings. The summed E-state index contributed by atoms with van der Waals surface area (Å²) in [6.07, 6.45) is -0.657. The van der Waals surface area contributed by atoms with E-state index < -0.39 is 18.1 Å². The second-order valence-corrected chi connectivity index (χ2v) is 3.67. The number of primary amides is 1. The van der Waals surface area contributed by atoms with Crippen LogP contribution < -0.4 is 10.5 Å². The fraction of sp³-hybridized carbons (Fsp3) is 0.417. The first-order chi connectivity index (χ1) is 7.54. The highest BCUT2D eigenvalue weighted by molar-refractivity contribution is 5.79. The summed E-state index contributed by atoms with van der Waals surface area (Å²) in [6.45, 7) is 3.50. The Morgan fingerprint density at radius 2 is 2.25 bits per heavy atom. The molecule has 1 aromatic carbocycles. The first-order valence-corrected chi connectivity index (χ1v) is 5.28. The van der Waals surface area contributed by atoms with Gasteiger partial charge in [0.15, 0.2) is 6.10 Å². The van der Waals surface area contributed by atoms with E-state index in [0.29, 0.717) is 12.2 Å². The molecule has 16 heavy (non-hydrogen) atoms. The molecule has 0 bridgehead atoms. The molecule has 2 atom stereocenters. The normalized spacial score (nSPS) is 14.2. The maximum absolute atomic E-state index is 11.0. The van der Waals surface area contributed by atoms with Gasteiger partial charge >= 0.3 is 0 Å². The average molecular weight is 223 g/mol. The SMILES string of the molecule is CCC(Oc1cccc([C@@H](C)O)c1)C(N)=O. The van der Waals surface area contributed by atoms with E-state index in [2.05, 4.69) is 0 Å². The lowest BCUT2D eigenvalue weighted by atomic mass is 10.1. The van der Waals surface area contributed by atoms with Crippen LogP contribution in [0.1, 0.15) is 31.9 Å². The Morgan fingerprint density at radius 1 is 1.56 bits per heavy atom. The monoisotopic (exact) mass is 223 g/mol.